The van der Waals surface area contributed by atoms with Crippen LogP contribution in [0.1, 0.15) is 30.9 Å². The predicted molar refractivity (Wildman–Crippen MR) is 95.4 cm³/mol. The van der Waals surface area contributed by atoms with E-state index in [2.05, 4.69) is 29.6 Å². The summed E-state index contributed by atoms with van der Waals surface area (Å²) in [5, 5.41) is 21.9. The number of carbonyl (C=O) groups excluding carboxylic acids is 1. The fraction of sp³-hybridized carbons (Fsp3) is 0.350. The van der Waals surface area contributed by atoms with E-state index in [-0.39, 0.29) is 19.1 Å². The number of nitrogens with one attached hydrogen (secondary N) is 1. The molecular weight excluding hydrogens is 318 g/mol. The maximum atomic E-state index is 11.9. The van der Waals surface area contributed by atoms with Crippen LogP contribution in [0.4, 0.5) is 4.79 Å². The first-order chi connectivity index (χ1) is 11.9. The van der Waals surface area contributed by atoms with Crippen molar-refractivity contribution in [2.75, 3.05) is 13.2 Å². The Morgan fingerprint density at radius 2 is 1.64 bits per heavy atom. The molecule has 25 heavy (non-hydrogen) atoms. The number of amides is 1. The van der Waals surface area contributed by atoms with E-state index >= 15 is 0 Å². The first kappa shape index (κ1) is 17.5. The second kappa shape index (κ2) is 6.86. The number of carbonyl (C=O) groups is 1. The Labute approximate surface area is 147 Å². The van der Waals surface area contributed by atoms with E-state index in [0.29, 0.717) is 0 Å². The van der Waals surface area contributed by atoms with Crippen molar-refractivity contribution in [1.29, 1.82) is 0 Å². The van der Waals surface area contributed by atoms with Gasteiger partial charge in [-0.3, -0.25) is 0 Å². The van der Waals surface area contributed by atoms with Crippen molar-refractivity contribution in [2.24, 2.45) is 0 Å². The largest absolute Gasteiger partial charge is 0.449 e. The second-order valence-electron chi connectivity index (χ2n) is 6.88. The molecule has 1 amide bonds. The third-order valence-corrected chi connectivity index (χ3v) is 4.60. The van der Waals surface area contributed by atoms with Gasteiger partial charge in [0.25, 0.3) is 0 Å². The van der Waals surface area contributed by atoms with Gasteiger partial charge in [0.15, 0.2) is 0 Å². The van der Waals surface area contributed by atoms with Gasteiger partial charge in [-0.15, -0.1) is 0 Å². The third-order valence-electron chi connectivity index (χ3n) is 4.60. The van der Waals surface area contributed by atoms with Crippen LogP contribution in [0.25, 0.3) is 11.1 Å². The number of aliphatic hydroxyl groups is 2. The lowest BCUT2D eigenvalue weighted by Gasteiger charge is -2.24. The van der Waals surface area contributed by atoms with Crippen molar-refractivity contribution in [1.82, 2.24) is 5.32 Å². The van der Waals surface area contributed by atoms with Crippen molar-refractivity contribution in [3.05, 3.63) is 59.7 Å². The molecule has 0 aliphatic heterocycles. The van der Waals surface area contributed by atoms with Gasteiger partial charge in [0.05, 0.1) is 11.7 Å². The number of aliphatic hydroxyl groups excluding tert-OH is 1. The lowest BCUT2D eigenvalue weighted by Crippen LogP contribution is -2.44. The van der Waals surface area contributed by atoms with Gasteiger partial charge in [-0.05, 0) is 36.1 Å². The van der Waals surface area contributed by atoms with E-state index in [4.69, 9.17) is 4.74 Å². The number of hydrogen-bond acceptors (Lipinski definition) is 4. The van der Waals surface area contributed by atoms with Gasteiger partial charge in [0.2, 0.25) is 0 Å². The normalized spacial score (nSPS) is 14.6. The van der Waals surface area contributed by atoms with E-state index < -0.39 is 17.8 Å². The number of fused-ring (bicyclic) bond motifs is 3. The number of hydrogen-bond donors (Lipinski definition) is 3. The molecule has 0 heterocycles. The minimum atomic E-state index is -1.28. The van der Waals surface area contributed by atoms with Crippen LogP contribution < -0.4 is 5.32 Å². The van der Waals surface area contributed by atoms with E-state index in [0.717, 1.165) is 11.1 Å². The number of ether oxygens (including phenoxy) is 1. The molecule has 1 aliphatic carbocycles. The first-order valence-corrected chi connectivity index (χ1v) is 8.37. The summed E-state index contributed by atoms with van der Waals surface area (Å²) in [6.45, 7) is 3.12. The molecule has 5 heteroatoms. The zero-order valence-corrected chi connectivity index (χ0v) is 14.4. The lowest BCUT2D eigenvalue weighted by atomic mass is 9.98. The molecule has 2 aromatic carbocycles. The Kier molecular flexibility index (Phi) is 4.79. The van der Waals surface area contributed by atoms with Crippen LogP contribution in [0.2, 0.25) is 0 Å². The van der Waals surface area contributed by atoms with Crippen LogP contribution >= 0.6 is 0 Å². The molecule has 0 radical (unpaired) electrons. The quantitative estimate of drug-likeness (QED) is 0.781. The SMILES string of the molecule is CC(C)(O)C(O)CNC(=O)OCC1c2ccccc2-c2ccccc21. The molecule has 1 atom stereocenters. The summed E-state index contributed by atoms with van der Waals surface area (Å²) >= 11 is 0. The second-order valence-corrected chi connectivity index (χ2v) is 6.88. The van der Waals surface area contributed by atoms with Gasteiger partial charge in [0, 0.05) is 12.5 Å². The topological polar surface area (TPSA) is 78.8 Å². The molecule has 0 fully saturated rings. The van der Waals surface area contributed by atoms with Gasteiger partial charge in [-0.1, -0.05) is 48.5 Å². The predicted octanol–water partition coefficient (Wildman–Crippen LogP) is 2.66. The molecule has 0 saturated heterocycles. The fourth-order valence-corrected chi connectivity index (χ4v) is 3.08. The Hall–Kier alpha value is -2.37. The Morgan fingerprint density at radius 3 is 2.16 bits per heavy atom. The zero-order valence-electron chi connectivity index (χ0n) is 14.4. The highest BCUT2D eigenvalue weighted by Gasteiger charge is 2.29. The van der Waals surface area contributed by atoms with Crippen LogP contribution in [0.15, 0.2) is 48.5 Å². The average Bonchev–Trinajstić information content (AvgIpc) is 2.91. The van der Waals surface area contributed by atoms with E-state index in [9.17, 15) is 15.0 Å². The number of benzene rings is 2. The highest BCUT2D eigenvalue weighted by atomic mass is 16.5. The van der Waals surface area contributed by atoms with Crippen molar-refractivity contribution >= 4 is 6.09 Å². The van der Waals surface area contributed by atoms with Crippen molar-refractivity contribution in [2.45, 2.75) is 31.5 Å². The van der Waals surface area contributed by atoms with Gasteiger partial charge < -0.3 is 20.3 Å². The fourth-order valence-electron chi connectivity index (χ4n) is 3.08. The molecular formula is C20H23NO4. The van der Waals surface area contributed by atoms with Gasteiger partial charge in [-0.2, -0.15) is 0 Å². The molecule has 0 spiro atoms. The van der Waals surface area contributed by atoms with E-state index in [1.54, 1.807) is 0 Å². The standard InChI is InChI=1S/C20H23NO4/c1-20(2,24)18(22)11-21-19(23)25-12-17-15-9-5-3-7-13(15)14-8-4-6-10-16(14)17/h3-10,17-18,22,24H,11-12H2,1-2H3,(H,21,23). The summed E-state index contributed by atoms with van der Waals surface area (Å²) in [7, 11) is 0. The summed E-state index contributed by atoms with van der Waals surface area (Å²) in [4.78, 5) is 11.9. The molecule has 132 valence electrons. The van der Waals surface area contributed by atoms with Gasteiger partial charge >= 0.3 is 6.09 Å². The van der Waals surface area contributed by atoms with Gasteiger partial charge in [-0.25, -0.2) is 4.79 Å². The molecule has 5 nitrogen and oxygen atoms in total. The van der Waals surface area contributed by atoms with E-state index in [1.807, 2.05) is 24.3 Å². The first-order valence-electron chi connectivity index (χ1n) is 8.37. The molecule has 2 aromatic rings. The summed E-state index contributed by atoms with van der Waals surface area (Å²) < 4.78 is 5.36. The minimum absolute atomic E-state index is 0.00245. The maximum absolute atomic E-state index is 11.9. The van der Waals surface area contributed by atoms with Crippen LogP contribution in [-0.4, -0.2) is 41.2 Å². The lowest BCUT2D eigenvalue weighted by molar-refractivity contribution is -0.0458. The highest BCUT2D eigenvalue weighted by molar-refractivity contribution is 5.79. The van der Waals surface area contributed by atoms with E-state index in [1.165, 1.54) is 25.0 Å². The maximum Gasteiger partial charge on any atom is 0.407 e. The van der Waals surface area contributed by atoms with Crippen molar-refractivity contribution < 1.29 is 19.7 Å². The summed E-state index contributed by atoms with van der Waals surface area (Å²) in [6.07, 6.45) is -1.67. The van der Waals surface area contributed by atoms with Crippen LogP contribution in [-0.2, 0) is 4.74 Å². The molecule has 0 saturated carbocycles. The zero-order chi connectivity index (χ0) is 18.0. The molecule has 0 aromatic heterocycles. The van der Waals surface area contributed by atoms with Crippen LogP contribution in [0.3, 0.4) is 0 Å². The Balaban J connectivity index is 1.65. The van der Waals surface area contributed by atoms with Crippen LogP contribution in [0.5, 0.6) is 0 Å². The average molecular weight is 341 g/mol. The molecule has 3 N–H and O–H groups in total. The highest BCUT2D eigenvalue weighted by Crippen LogP contribution is 2.44. The number of rotatable bonds is 5. The summed E-state index contributed by atoms with van der Waals surface area (Å²) in [5.41, 5.74) is 3.35. The molecule has 1 unspecified atom stereocenters. The molecule has 0 bridgehead atoms. The Morgan fingerprint density at radius 1 is 1.12 bits per heavy atom. The van der Waals surface area contributed by atoms with Crippen LogP contribution in [0, 0.1) is 0 Å². The monoisotopic (exact) mass is 341 g/mol. The van der Waals surface area contributed by atoms with Crippen molar-refractivity contribution in [3.63, 3.8) is 0 Å². The third kappa shape index (κ3) is 3.67. The van der Waals surface area contributed by atoms with Crippen molar-refractivity contribution in [3.8, 4) is 11.1 Å². The van der Waals surface area contributed by atoms with Gasteiger partial charge in [0.1, 0.15) is 6.61 Å². The smallest absolute Gasteiger partial charge is 0.407 e. The summed E-state index contributed by atoms with van der Waals surface area (Å²) in [5.74, 6) is -0.00245. The molecule has 1 aliphatic rings. The Bertz CT molecular complexity index is 721. The minimum Gasteiger partial charge on any atom is -0.449 e. The number of alkyl carbamates (subject to hydrolysis) is 1. The molecule has 3 rings (SSSR count). The summed E-state index contributed by atoms with van der Waals surface area (Å²) in [6, 6.07) is 16.2.